The lowest BCUT2D eigenvalue weighted by atomic mass is 9.76. The smallest absolute Gasteiger partial charge is 0.188 e. The lowest BCUT2D eigenvalue weighted by Gasteiger charge is -2.38. The second-order valence-corrected chi connectivity index (χ2v) is 9.34. The van der Waals surface area contributed by atoms with E-state index in [2.05, 4.69) is 89.3 Å². The van der Waals surface area contributed by atoms with Gasteiger partial charge < -0.3 is 9.55 Å². The zero-order chi connectivity index (χ0) is 26.0. The van der Waals surface area contributed by atoms with Crippen LogP contribution in [0, 0.1) is 6.92 Å². The summed E-state index contributed by atoms with van der Waals surface area (Å²) < 4.78 is 2.23. The Bertz CT molecular complexity index is 1630. The highest BCUT2D eigenvalue weighted by Gasteiger charge is 2.39. The molecular weight excluding hydrogens is 466 g/mol. The van der Waals surface area contributed by atoms with Crippen LogP contribution in [-0.2, 0) is 5.54 Å². The normalized spacial score (nSPS) is 11.8. The number of para-hydroxylation sites is 1. The Hall–Kier alpha value is -4.96. The zero-order valence-electron chi connectivity index (χ0n) is 21.1. The van der Waals surface area contributed by atoms with Crippen molar-refractivity contribution in [2.75, 3.05) is 0 Å². The Morgan fingerprint density at radius 1 is 0.763 bits per heavy atom. The molecule has 2 aromatic heterocycles. The van der Waals surface area contributed by atoms with E-state index >= 15 is 0 Å². The fourth-order valence-corrected chi connectivity index (χ4v) is 5.40. The summed E-state index contributed by atoms with van der Waals surface area (Å²) in [4.78, 5) is 21.1. The summed E-state index contributed by atoms with van der Waals surface area (Å²) in [5.74, 6) is -0.0585. The van der Waals surface area contributed by atoms with Crippen LogP contribution < -0.4 is 0 Å². The second kappa shape index (κ2) is 9.83. The highest BCUT2D eigenvalue weighted by Crippen LogP contribution is 2.42. The summed E-state index contributed by atoms with van der Waals surface area (Å²) in [5, 5.41) is 0.917. The number of rotatable bonds is 7. The molecule has 6 aromatic rings. The van der Waals surface area contributed by atoms with Gasteiger partial charge in [-0.05, 0) is 41.8 Å². The van der Waals surface area contributed by atoms with Crippen LogP contribution >= 0.6 is 0 Å². The summed E-state index contributed by atoms with van der Waals surface area (Å²) in [5.41, 5.74) is 6.06. The molecule has 0 spiro atoms. The van der Waals surface area contributed by atoms with Gasteiger partial charge in [0.05, 0.1) is 12.0 Å². The van der Waals surface area contributed by atoms with E-state index in [-0.39, 0.29) is 5.78 Å². The van der Waals surface area contributed by atoms with Gasteiger partial charge in [-0.2, -0.15) is 0 Å². The van der Waals surface area contributed by atoms with E-state index in [4.69, 9.17) is 4.98 Å². The predicted octanol–water partition coefficient (Wildman–Crippen LogP) is 7.41. The number of hydrogen-bond acceptors (Lipinski definition) is 2. The minimum Gasteiger partial charge on any atom is -0.360 e. The van der Waals surface area contributed by atoms with Gasteiger partial charge in [-0.3, -0.25) is 4.79 Å². The van der Waals surface area contributed by atoms with E-state index in [0.29, 0.717) is 5.56 Å². The fraction of sp³-hybridized carbons (Fsp3) is 0.0588. The molecule has 4 heteroatoms. The SMILES string of the molecule is Cc1c(/C=C/C(=O)c2c[nH]c3ccccc23)ncn1C(c1ccccc1)(c1ccccc1)c1ccccc1. The van der Waals surface area contributed by atoms with Gasteiger partial charge >= 0.3 is 0 Å². The topological polar surface area (TPSA) is 50.7 Å². The molecule has 4 aromatic carbocycles. The van der Waals surface area contributed by atoms with E-state index < -0.39 is 5.54 Å². The number of fused-ring (bicyclic) bond motifs is 1. The van der Waals surface area contributed by atoms with Gasteiger partial charge in [0, 0.05) is 28.4 Å². The second-order valence-electron chi connectivity index (χ2n) is 9.34. The average Bonchev–Trinajstić information content (AvgIpc) is 3.58. The first-order chi connectivity index (χ1) is 18.7. The molecule has 0 saturated carbocycles. The van der Waals surface area contributed by atoms with Gasteiger partial charge in [0.15, 0.2) is 5.78 Å². The minimum absolute atomic E-state index is 0.0585. The molecule has 0 aliphatic rings. The molecule has 0 fully saturated rings. The number of carbonyl (C=O) groups excluding carboxylic acids is 1. The Labute approximate surface area is 221 Å². The fourth-order valence-electron chi connectivity index (χ4n) is 5.40. The molecule has 0 aliphatic carbocycles. The van der Waals surface area contributed by atoms with Crippen molar-refractivity contribution in [1.82, 2.24) is 14.5 Å². The van der Waals surface area contributed by atoms with Gasteiger partial charge in [-0.25, -0.2) is 4.98 Å². The molecule has 0 bridgehead atoms. The maximum atomic E-state index is 13.1. The van der Waals surface area contributed by atoms with Crippen LogP contribution in [0.4, 0.5) is 0 Å². The van der Waals surface area contributed by atoms with E-state index in [1.54, 1.807) is 12.3 Å². The molecule has 0 aliphatic heterocycles. The van der Waals surface area contributed by atoms with Crippen LogP contribution in [-0.4, -0.2) is 20.3 Å². The molecule has 0 amide bonds. The minimum atomic E-state index is -0.645. The Balaban J connectivity index is 1.50. The average molecular weight is 494 g/mol. The molecule has 184 valence electrons. The van der Waals surface area contributed by atoms with Crippen molar-refractivity contribution in [3.63, 3.8) is 0 Å². The summed E-state index contributed by atoms with van der Waals surface area (Å²) in [6.45, 7) is 2.06. The maximum absolute atomic E-state index is 13.1. The van der Waals surface area contributed by atoms with Gasteiger partial charge in [-0.1, -0.05) is 109 Å². The standard InChI is InChI=1S/C34H27N3O/c1-25-31(21-22-33(38)30-23-35-32-20-12-11-19-29(30)32)36-24-37(25)34(26-13-5-2-6-14-26,27-15-7-3-8-16-27)28-17-9-4-10-18-28/h2-24,35H,1H3/b22-21+. The largest absolute Gasteiger partial charge is 0.360 e. The van der Waals surface area contributed by atoms with Crippen molar-refractivity contribution in [2.24, 2.45) is 0 Å². The lowest BCUT2D eigenvalue weighted by Crippen LogP contribution is -2.38. The van der Waals surface area contributed by atoms with Gasteiger partial charge in [-0.15, -0.1) is 0 Å². The third-order valence-electron chi connectivity index (χ3n) is 7.23. The zero-order valence-corrected chi connectivity index (χ0v) is 21.1. The Morgan fingerprint density at radius 2 is 1.29 bits per heavy atom. The van der Waals surface area contributed by atoms with Crippen LogP contribution in [0.3, 0.4) is 0 Å². The molecule has 0 radical (unpaired) electrons. The van der Waals surface area contributed by atoms with Crippen molar-refractivity contribution in [1.29, 1.82) is 0 Å². The molecule has 0 unspecified atom stereocenters. The summed E-state index contributed by atoms with van der Waals surface area (Å²) in [6.07, 6.45) is 7.10. The number of H-pyrrole nitrogens is 1. The molecule has 4 nitrogen and oxygen atoms in total. The quantitative estimate of drug-likeness (QED) is 0.143. The molecule has 0 atom stereocenters. The highest BCUT2D eigenvalue weighted by atomic mass is 16.1. The van der Waals surface area contributed by atoms with Crippen molar-refractivity contribution < 1.29 is 4.79 Å². The van der Waals surface area contributed by atoms with Crippen molar-refractivity contribution in [3.8, 4) is 0 Å². The summed E-state index contributed by atoms with van der Waals surface area (Å²) in [6, 6.07) is 39.3. The van der Waals surface area contributed by atoms with Crippen LogP contribution in [0.1, 0.15) is 38.4 Å². The van der Waals surface area contributed by atoms with Crippen LogP contribution in [0.25, 0.3) is 17.0 Å². The monoisotopic (exact) mass is 493 g/mol. The van der Waals surface area contributed by atoms with Crippen molar-refractivity contribution >= 4 is 22.8 Å². The first kappa shape index (κ1) is 23.4. The van der Waals surface area contributed by atoms with Crippen LogP contribution in [0.15, 0.2) is 134 Å². The molecule has 0 saturated heterocycles. The van der Waals surface area contributed by atoms with Gasteiger partial charge in [0.25, 0.3) is 0 Å². The number of carbonyl (C=O) groups is 1. The van der Waals surface area contributed by atoms with Crippen LogP contribution in [0.5, 0.6) is 0 Å². The van der Waals surface area contributed by atoms with E-state index in [0.717, 1.165) is 39.0 Å². The summed E-state index contributed by atoms with van der Waals surface area (Å²) >= 11 is 0. The summed E-state index contributed by atoms with van der Waals surface area (Å²) in [7, 11) is 0. The maximum Gasteiger partial charge on any atom is 0.188 e. The number of nitrogens with zero attached hydrogens (tertiary/aromatic N) is 2. The highest BCUT2D eigenvalue weighted by molar-refractivity contribution is 6.14. The number of ketones is 1. The Kier molecular flexibility index (Phi) is 6.06. The predicted molar refractivity (Wildman–Crippen MR) is 153 cm³/mol. The van der Waals surface area contributed by atoms with E-state index in [1.165, 1.54) is 0 Å². The third kappa shape index (κ3) is 3.87. The number of hydrogen-bond donors (Lipinski definition) is 1. The third-order valence-corrected chi connectivity index (χ3v) is 7.23. The number of imidazole rings is 1. The first-order valence-electron chi connectivity index (χ1n) is 12.7. The molecule has 6 rings (SSSR count). The van der Waals surface area contributed by atoms with Crippen molar-refractivity contribution in [2.45, 2.75) is 12.5 Å². The number of benzene rings is 4. The number of nitrogens with one attached hydrogen (secondary N) is 1. The number of allylic oxidation sites excluding steroid dienone is 1. The number of aromatic nitrogens is 3. The first-order valence-corrected chi connectivity index (χ1v) is 12.7. The van der Waals surface area contributed by atoms with Gasteiger partial charge in [0.2, 0.25) is 0 Å². The number of aromatic amines is 1. The molecule has 2 heterocycles. The molecule has 1 N–H and O–H groups in total. The van der Waals surface area contributed by atoms with E-state index in [9.17, 15) is 4.79 Å². The molecule has 38 heavy (non-hydrogen) atoms. The Morgan fingerprint density at radius 3 is 1.87 bits per heavy atom. The van der Waals surface area contributed by atoms with Gasteiger partial charge in [0.1, 0.15) is 5.54 Å². The van der Waals surface area contributed by atoms with Crippen molar-refractivity contribution in [3.05, 3.63) is 168 Å². The lowest BCUT2D eigenvalue weighted by molar-refractivity contribution is 0.104. The van der Waals surface area contributed by atoms with Crippen LogP contribution in [0.2, 0.25) is 0 Å². The van der Waals surface area contributed by atoms with E-state index in [1.807, 2.05) is 54.9 Å². The molecular formula is C34H27N3O.